The molecule has 1 atom stereocenters. The fourth-order valence-corrected chi connectivity index (χ4v) is 3.20. The van der Waals surface area contributed by atoms with E-state index in [0.29, 0.717) is 5.92 Å². The van der Waals surface area contributed by atoms with Crippen LogP contribution in [0.4, 0.5) is 0 Å². The molecule has 1 aliphatic carbocycles. The molecule has 2 nitrogen and oxygen atoms in total. The van der Waals surface area contributed by atoms with Crippen molar-refractivity contribution >= 4 is 0 Å². The van der Waals surface area contributed by atoms with Gasteiger partial charge in [0.15, 0.2) is 0 Å². The van der Waals surface area contributed by atoms with E-state index in [9.17, 15) is 0 Å². The van der Waals surface area contributed by atoms with Gasteiger partial charge in [0.2, 0.25) is 0 Å². The summed E-state index contributed by atoms with van der Waals surface area (Å²) in [6.45, 7) is 8.84. The largest absolute Gasteiger partial charge is 0.373 e. The Labute approximate surface area is 114 Å². The highest BCUT2D eigenvalue weighted by molar-refractivity contribution is 4.89. The third kappa shape index (κ3) is 4.89. The smallest absolute Gasteiger partial charge is 0.0806 e. The number of ether oxygens (including phenoxy) is 1. The van der Waals surface area contributed by atoms with Gasteiger partial charge in [0.1, 0.15) is 0 Å². The van der Waals surface area contributed by atoms with Gasteiger partial charge < -0.3 is 10.1 Å². The maximum Gasteiger partial charge on any atom is 0.0806 e. The summed E-state index contributed by atoms with van der Waals surface area (Å²) in [7, 11) is 2.05. The lowest BCUT2D eigenvalue weighted by atomic mass is 9.77. The summed E-state index contributed by atoms with van der Waals surface area (Å²) in [5.41, 5.74) is 0.127. The Kier molecular flexibility index (Phi) is 7.25. The number of nitrogens with one attached hydrogen (secondary N) is 1. The quantitative estimate of drug-likeness (QED) is 0.708. The van der Waals surface area contributed by atoms with Crippen molar-refractivity contribution in [2.24, 2.45) is 11.8 Å². The van der Waals surface area contributed by atoms with Crippen LogP contribution in [-0.4, -0.2) is 25.8 Å². The van der Waals surface area contributed by atoms with E-state index in [0.717, 1.165) is 19.1 Å². The van der Waals surface area contributed by atoms with Gasteiger partial charge in [-0.15, -0.1) is 0 Å². The van der Waals surface area contributed by atoms with Crippen LogP contribution in [0.15, 0.2) is 0 Å². The normalized spacial score (nSPS) is 30.3. The van der Waals surface area contributed by atoms with Crippen molar-refractivity contribution in [2.45, 2.75) is 71.3 Å². The Hall–Kier alpha value is -0.0800. The molecule has 1 saturated carbocycles. The predicted molar refractivity (Wildman–Crippen MR) is 78.9 cm³/mol. The second-order valence-corrected chi connectivity index (χ2v) is 6.27. The van der Waals surface area contributed by atoms with E-state index >= 15 is 0 Å². The van der Waals surface area contributed by atoms with Crippen LogP contribution in [0, 0.1) is 11.8 Å². The van der Waals surface area contributed by atoms with Crippen LogP contribution in [0.3, 0.4) is 0 Å². The van der Waals surface area contributed by atoms with Gasteiger partial charge in [-0.25, -0.2) is 0 Å². The second-order valence-electron chi connectivity index (χ2n) is 6.27. The van der Waals surface area contributed by atoms with Gasteiger partial charge in [-0.2, -0.15) is 0 Å². The average Bonchev–Trinajstić information content (AvgIpc) is 2.38. The van der Waals surface area contributed by atoms with E-state index in [2.05, 4.69) is 26.1 Å². The molecule has 1 fully saturated rings. The van der Waals surface area contributed by atoms with Gasteiger partial charge in [0.25, 0.3) is 0 Å². The lowest BCUT2D eigenvalue weighted by Gasteiger charge is -2.40. The van der Waals surface area contributed by atoms with Crippen LogP contribution in [0.5, 0.6) is 0 Å². The van der Waals surface area contributed by atoms with Crippen molar-refractivity contribution in [3.8, 4) is 0 Å². The lowest BCUT2D eigenvalue weighted by Crippen LogP contribution is -2.45. The van der Waals surface area contributed by atoms with Gasteiger partial charge in [0.05, 0.1) is 5.60 Å². The summed E-state index contributed by atoms with van der Waals surface area (Å²) < 4.78 is 6.36. The van der Waals surface area contributed by atoms with Crippen LogP contribution in [0.1, 0.15) is 65.7 Å². The van der Waals surface area contributed by atoms with Crippen LogP contribution < -0.4 is 5.32 Å². The van der Waals surface area contributed by atoms with Crippen molar-refractivity contribution in [3.63, 3.8) is 0 Å². The molecule has 0 aromatic rings. The zero-order valence-electron chi connectivity index (χ0n) is 12.9. The van der Waals surface area contributed by atoms with Crippen molar-refractivity contribution in [1.29, 1.82) is 0 Å². The number of hydrogen-bond donors (Lipinski definition) is 1. The summed E-state index contributed by atoms with van der Waals surface area (Å²) >= 11 is 0. The molecule has 0 amide bonds. The van der Waals surface area contributed by atoms with Gasteiger partial charge in [-0.1, -0.05) is 33.6 Å². The minimum Gasteiger partial charge on any atom is -0.373 e. The summed E-state index contributed by atoms with van der Waals surface area (Å²) in [5.74, 6) is 1.64. The van der Waals surface area contributed by atoms with Crippen molar-refractivity contribution in [1.82, 2.24) is 5.32 Å². The summed E-state index contributed by atoms with van der Waals surface area (Å²) in [4.78, 5) is 0. The molecule has 2 heteroatoms. The van der Waals surface area contributed by atoms with E-state index in [-0.39, 0.29) is 5.60 Å². The van der Waals surface area contributed by atoms with Gasteiger partial charge in [-0.3, -0.25) is 0 Å². The Morgan fingerprint density at radius 3 is 2.44 bits per heavy atom. The Morgan fingerprint density at radius 1 is 1.28 bits per heavy atom. The molecule has 0 aromatic carbocycles. The zero-order chi connectivity index (χ0) is 13.4. The van der Waals surface area contributed by atoms with Crippen LogP contribution >= 0.6 is 0 Å². The molecule has 0 bridgehead atoms. The van der Waals surface area contributed by atoms with E-state index in [1.54, 1.807) is 0 Å². The fourth-order valence-electron chi connectivity index (χ4n) is 3.20. The Bertz CT molecular complexity index is 209. The first-order valence-electron chi connectivity index (χ1n) is 7.94. The highest BCUT2D eigenvalue weighted by Gasteiger charge is 2.35. The molecule has 0 radical (unpaired) electrons. The zero-order valence-corrected chi connectivity index (χ0v) is 12.9. The molecule has 1 unspecified atom stereocenters. The maximum absolute atomic E-state index is 6.36. The van der Waals surface area contributed by atoms with Gasteiger partial charge in [0, 0.05) is 13.2 Å². The minimum atomic E-state index is 0.127. The molecule has 0 aliphatic heterocycles. The van der Waals surface area contributed by atoms with Crippen molar-refractivity contribution < 1.29 is 4.74 Å². The molecule has 18 heavy (non-hydrogen) atoms. The molecule has 0 heterocycles. The highest BCUT2D eigenvalue weighted by Crippen LogP contribution is 2.36. The second kappa shape index (κ2) is 8.16. The standard InChI is InChI=1S/C16H33NO/c1-5-7-14(3)12-18-16(13-17-4)10-8-15(6-2)9-11-16/h14-15,17H,5-13H2,1-4H3. The monoisotopic (exact) mass is 255 g/mol. The number of rotatable bonds is 8. The first-order valence-corrected chi connectivity index (χ1v) is 7.94. The van der Waals surface area contributed by atoms with Crippen molar-refractivity contribution in [3.05, 3.63) is 0 Å². The Balaban J connectivity index is 2.43. The average molecular weight is 255 g/mol. The molecule has 1 aliphatic rings. The minimum absolute atomic E-state index is 0.127. The molecule has 1 rings (SSSR count). The fraction of sp³-hybridized carbons (Fsp3) is 1.00. The molecule has 0 saturated heterocycles. The number of hydrogen-bond acceptors (Lipinski definition) is 2. The van der Waals surface area contributed by atoms with E-state index in [1.807, 2.05) is 7.05 Å². The van der Waals surface area contributed by atoms with E-state index in [1.165, 1.54) is 44.9 Å². The Morgan fingerprint density at radius 2 is 1.94 bits per heavy atom. The van der Waals surface area contributed by atoms with E-state index in [4.69, 9.17) is 4.74 Å². The molecule has 108 valence electrons. The lowest BCUT2D eigenvalue weighted by molar-refractivity contribution is -0.0870. The van der Waals surface area contributed by atoms with Gasteiger partial charge >= 0.3 is 0 Å². The highest BCUT2D eigenvalue weighted by atomic mass is 16.5. The maximum atomic E-state index is 6.36. The molecule has 1 N–H and O–H groups in total. The molecular formula is C16H33NO. The van der Waals surface area contributed by atoms with Gasteiger partial charge in [-0.05, 0) is 51.0 Å². The van der Waals surface area contributed by atoms with Crippen molar-refractivity contribution in [2.75, 3.05) is 20.2 Å². The topological polar surface area (TPSA) is 21.3 Å². The summed E-state index contributed by atoms with van der Waals surface area (Å²) in [6, 6.07) is 0. The third-order valence-corrected chi connectivity index (χ3v) is 4.55. The summed E-state index contributed by atoms with van der Waals surface area (Å²) in [6.07, 6.45) is 9.06. The first kappa shape index (κ1) is 16.0. The predicted octanol–water partition coefficient (Wildman–Crippen LogP) is 4.00. The van der Waals surface area contributed by atoms with Crippen LogP contribution in [-0.2, 0) is 4.74 Å². The summed E-state index contributed by atoms with van der Waals surface area (Å²) in [5, 5.41) is 3.34. The molecule has 0 spiro atoms. The van der Waals surface area contributed by atoms with Crippen LogP contribution in [0.25, 0.3) is 0 Å². The van der Waals surface area contributed by atoms with Crippen LogP contribution in [0.2, 0.25) is 0 Å². The third-order valence-electron chi connectivity index (χ3n) is 4.55. The molecule has 0 aromatic heterocycles. The molecular weight excluding hydrogens is 222 g/mol. The first-order chi connectivity index (χ1) is 8.65. The SMILES string of the molecule is CCCC(C)COC1(CNC)CCC(CC)CC1. The number of likely N-dealkylation sites (N-methyl/N-ethyl adjacent to an activating group) is 1. The van der Waals surface area contributed by atoms with E-state index < -0.39 is 0 Å².